The number of rotatable bonds is 8. The van der Waals surface area contributed by atoms with Gasteiger partial charge in [-0.2, -0.15) is 0 Å². The Kier molecular flexibility index (Phi) is 7.42. The summed E-state index contributed by atoms with van der Waals surface area (Å²) >= 11 is 2.67. The van der Waals surface area contributed by atoms with Crippen molar-refractivity contribution in [2.24, 2.45) is 0 Å². The second-order valence-electron chi connectivity index (χ2n) is 6.36. The molecule has 0 radical (unpaired) electrons. The van der Waals surface area contributed by atoms with Gasteiger partial charge < -0.3 is 15.4 Å². The minimum Gasteiger partial charge on any atom is -0.496 e. The van der Waals surface area contributed by atoms with Gasteiger partial charge in [0.25, 0.3) is 0 Å². The number of hydrogen-bond donors (Lipinski definition) is 2. The molecule has 0 saturated carbocycles. The predicted molar refractivity (Wildman–Crippen MR) is 118 cm³/mol. The van der Waals surface area contributed by atoms with Crippen LogP contribution in [-0.4, -0.2) is 29.7 Å². The zero-order valence-corrected chi connectivity index (χ0v) is 18.0. The summed E-state index contributed by atoms with van der Waals surface area (Å²) in [6.07, 6.45) is 0.143. The quantitative estimate of drug-likeness (QED) is 0.499. The maximum absolute atomic E-state index is 12.9. The Morgan fingerprint density at radius 1 is 1.10 bits per heavy atom. The Morgan fingerprint density at radius 2 is 1.80 bits per heavy atom. The van der Waals surface area contributed by atoms with E-state index < -0.39 is 0 Å². The molecular formula is C21H20FN3O3S2. The summed E-state index contributed by atoms with van der Waals surface area (Å²) in [5, 5.41) is 7.35. The molecule has 2 aromatic carbocycles. The molecule has 0 unspecified atom stereocenters. The van der Waals surface area contributed by atoms with Gasteiger partial charge in [0, 0.05) is 16.8 Å². The fourth-order valence-electron chi connectivity index (χ4n) is 2.62. The van der Waals surface area contributed by atoms with Crippen molar-refractivity contribution in [3.63, 3.8) is 0 Å². The van der Waals surface area contributed by atoms with E-state index in [9.17, 15) is 14.0 Å². The van der Waals surface area contributed by atoms with Crippen LogP contribution < -0.4 is 15.4 Å². The van der Waals surface area contributed by atoms with Crippen LogP contribution in [0.2, 0.25) is 0 Å². The van der Waals surface area contributed by atoms with Gasteiger partial charge in [-0.3, -0.25) is 9.59 Å². The number of benzene rings is 2. The van der Waals surface area contributed by atoms with Gasteiger partial charge in [-0.15, -0.1) is 11.3 Å². The summed E-state index contributed by atoms with van der Waals surface area (Å²) in [7, 11) is 1.60. The number of carbonyl (C=O) groups is 2. The molecule has 0 saturated heterocycles. The monoisotopic (exact) mass is 445 g/mol. The second kappa shape index (κ2) is 10.2. The normalized spacial score (nSPS) is 10.5. The van der Waals surface area contributed by atoms with Crippen LogP contribution in [0.25, 0.3) is 0 Å². The highest BCUT2D eigenvalue weighted by Crippen LogP contribution is 2.24. The minimum atomic E-state index is -0.358. The predicted octanol–water partition coefficient (Wildman–Crippen LogP) is 4.51. The van der Waals surface area contributed by atoms with E-state index in [1.165, 1.54) is 47.4 Å². The van der Waals surface area contributed by atoms with E-state index in [1.807, 2.05) is 13.0 Å². The molecule has 0 aliphatic carbocycles. The van der Waals surface area contributed by atoms with Crippen molar-refractivity contribution in [3.8, 4) is 5.75 Å². The van der Waals surface area contributed by atoms with Crippen LogP contribution in [0.1, 0.15) is 11.3 Å². The summed E-state index contributed by atoms with van der Waals surface area (Å²) in [5.74, 6) is 0.190. The average Bonchev–Trinajstić information content (AvgIpc) is 3.15. The van der Waals surface area contributed by atoms with Gasteiger partial charge in [0.15, 0.2) is 4.34 Å². The number of thiazole rings is 1. The molecule has 1 heterocycles. The van der Waals surface area contributed by atoms with Gasteiger partial charge >= 0.3 is 0 Å². The number of halogens is 1. The lowest BCUT2D eigenvalue weighted by molar-refractivity contribution is -0.116. The molecule has 30 heavy (non-hydrogen) atoms. The third-order valence-corrected chi connectivity index (χ3v) is 6.08. The first-order valence-corrected chi connectivity index (χ1v) is 10.9. The van der Waals surface area contributed by atoms with Gasteiger partial charge in [-0.05, 0) is 55.0 Å². The SMILES string of the molecule is COc1ccc(NC(=O)Cc2csc(SCC(=O)Nc3ccc(F)cc3)n2)cc1C. The Labute approximate surface area is 181 Å². The maximum Gasteiger partial charge on any atom is 0.234 e. The van der Waals surface area contributed by atoms with Crippen molar-refractivity contribution in [2.45, 2.75) is 17.7 Å². The number of methoxy groups -OCH3 is 1. The van der Waals surface area contributed by atoms with Crippen LogP contribution in [0.5, 0.6) is 5.75 Å². The molecular weight excluding hydrogens is 425 g/mol. The van der Waals surface area contributed by atoms with E-state index in [0.29, 0.717) is 21.4 Å². The Hall–Kier alpha value is -2.91. The van der Waals surface area contributed by atoms with Crippen LogP contribution in [-0.2, 0) is 16.0 Å². The molecule has 1 aromatic heterocycles. The highest BCUT2D eigenvalue weighted by atomic mass is 32.2. The molecule has 156 valence electrons. The van der Waals surface area contributed by atoms with Crippen LogP contribution in [0, 0.1) is 12.7 Å². The molecule has 2 amide bonds. The number of aromatic nitrogens is 1. The Balaban J connectivity index is 1.47. The number of aryl methyl sites for hydroxylation is 1. The molecule has 3 aromatic rings. The lowest BCUT2D eigenvalue weighted by Gasteiger charge is -2.08. The first-order chi connectivity index (χ1) is 14.4. The molecule has 0 atom stereocenters. The highest BCUT2D eigenvalue weighted by Gasteiger charge is 2.11. The molecule has 0 spiro atoms. The minimum absolute atomic E-state index is 0.143. The van der Waals surface area contributed by atoms with Crippen LogP contribution in [0.4, 0.5) is 15.8 Å². The van der Waals surface area contributed by atoms with Crippen molar-refractivity contribution < 1.29 is 18.7 Å². The summed E-state index contributed by atoms with van der Waals surface area (Å²) in [6, 6.07) is 11.0. The molecule has 9 heteroatoms. The number of ether oxygens (including phenoxy) is 1. The van der Waals surface area contributed by atoms with E-state index in [1.54, 1.807) is 24.6 Å². The van der Waals surface area contributed by atoms with Gasteiger partial charge in [0.1, 0.15) is 11.6 Å². The molecule has 0 fully saturated rings. The lowest BCUT2D eigenvalue weighted by atomic mass is 10.2. The van der Waals surface area contributed by atoms with E-state index in [2.05, 4.69) is 15.6 Å². The number of thioether (sulfide) groups is 1. The Morgan fingerprint density at radius 3 is 2.50 bits per heavy atom. The summed E-state index contributed by atoms with van der Waals surface area (Å²) in [6.45, 7) is 1.91. The fraction of sp³-hybridized carbons (Fsp3) is 0.190. The summed E-state index contributed by atoms with van der Waals surface area (Å²) < 4.78 is 18.8. The number of hydrogen-bond acceptors (Lipinski definition) is 6. The topological polar surface area (TPSA) is 80.3 Å². The number of amides is 2. The number of anilines is 2. The van der Waals surface area contributed by atoms with Crippen molar-refractivity contribution in [1.29, 1.82) is 0 Å². The largest absolute Gasteiger partial charge is 0.496 e. The van der Waals surface area contributed by atoms with Gasteiger partial charge in [0.2, 0.25) is 11.8 Å². The molecule has 0 bridgehead atoms. The van der Waals surface area contributed by atoms with E-state index in [4.69, 9.17) is 4.74 Å². The van der Waals surface area contributed by atoms with Crippen molar-refractivity contribution in [3.05, 3.63) is 64.9 Å². The van der Waals surface area contributed by atoms with Crippen LogP contribution in [0.3, 0.4) is 0 Å². The average molecular weight is 446 g/mol. The van der Waals surface area contributed by atoms with E-state index in [0.717, 1.165) is 11.3 Å². The lowest BCUT2D eigenvalue weighted by Crippen LogP contribution is -2.15. The zero-order valence-electron chi connectivity index (χ0n) is 16.4. The van der Waals surface area contributed by atoms with Gasteiger partial charge in [-0.1, -0.05) is 11.8 Å². The molecule has 3 rings (SSSR count). The second-order valence-corrected chi connectivity index (χ2v) is 8.44. The smallest absolute Gasteiger partial charge is 0.234 e. The van der Waals surface area contributed by atoms with Crippen LogP contribution in [0.15, 0.2) is 52.2 Å². The number of nitrogens with one attached hydrogen (secondary N) is 2. The standard InChI is InChI=1S/C21H20FN3O3S2/c1-13-9-16(7-8-18(13)28-2)24-19(26)10-17-11-29-21(25-17)30-12-20(27)23-15-5-3-14(22)4-6-15/h3-9,11H,10,12H2,1-2H3,(H,23,27)(H,24,26). The highest BCUT2D eigenvalue weighted by molar-refractivity contribution is 8.01. The van der Waals surface area contributed by atoms with Crippen molar-refractivity contribution >= 4 is 46.3 Å². The van der Waals surface area contributed by atoms with Crippen molar-refractivity contribution in [1.82, 2.24) is 4.98 Å². The van der Waals surface area contributed by atoms with E-state index in [-0.39, 0.29) is 29.8 Å². The molecule has 2 N–H and O–H groups in total. The molecule has 0 aliphatic rings. The number of nitrogens with zero attached hydrogens (tertiary/aromatic N) is 1. The third-order valence-electron chi connectivity index (χ3n) is 4.01. The molecule has 0 aliphatic heterocycles. The van der Waals surface area contributed by atoms with Gasteiger partial charge in [-0.25, -0.2) is 9.37 Å². The van der Waals surface area contributed by atoms with Gasteiger partial charge in [0.05, 0.1) is 25.0 Å². The third kappa shape index (κ3) is 6.30. The molecule has 6 nitrogen and oxygen atoms in total. The van der Waals surface area contributed by atoms with Crippen molar-refractivity contribution in [2.75, 3.05) is 23.5 Å². The first kappa shape index (κ1) is 21.8. The van der Waals surface area contributed by atoms with Crippen LogP contribution >= 0.6 is 23.1 Å². The maximum atomic E-state index is 12.9. The summed E-state index contributed by atoms with van der Waals surface area (Å²) in [4.78, 5) is 28.7. The first-order valence-electron chi connectivity index (χ1n) is 9.00. The Bertz CT molecular complexity index is 1040. The number of carbonyl (C=O) groups excluding carboxylic acids is 2. The summed E-state index contributed by atoms with van der Waals surface area (Å²) in [5.41, 5.74) is 2.80. The van der Waals surface area contributed by atoms with E-state index >= 15 is 0 Å². The zero-order chi connectivity index (χ0) is 21.5. The fourth-order valence-corrected chi connectivity index (χ4v) is 4.26.